The number of anilines is 2. The Balaban J connectivity index is 1.32. The van der Waals surface area contributed by atoms with Crippen molar-refractivity contribution in [3.05, 3.63) is 47.0 Å². The summed E-state index contributed by atoms with van der Waals surface area (Å²) in [7, 11) is 0. The number of fused-ring (bicyclic) bond motifs is 1. The fourth-order valence-corrected chi connectivity index (χ4v) is 4.85. The van der Waals surface area contributed by atoms with Crippen molar-refractivity contribution >= 4 is 28.4 Å². The van der Waals surface area contributed by atoms with Gasteiger partial charge in [0.15, 0.2) is 11.5 Å². The molecule has 33 heavy (non-hydrogen) atoms. The van der Waals surface area contributed by atoms with Gasteiger partial charge in [-0.1, -0.05) is 0 Å². The quantitative estimate of drug-likeness (QED) is 0.307. The number of imidazole rings is 1. The fourth-order valence-electron chi connectivity index (χ4n) is 4.85. The first-order chi connectivity index (χ1) is 16.0. The van der Waals surface area contributed by atoms with E-state index in [2.05, 4.69) is 25.2 Å². The average molecular weight is 455 g/mol. The minimum atomic E-state index is -1.02. The zero-order chi connectivity index (χ0) is 23.1. The van der Waals surface area contributed by atoms with Gasteiger partial charge in [0.05, 0.1) is 23.4 Å². The smallest absolute Gasteiger partial charge is 0.269 e. The molecule has 2 aliphatic rings. The fraction of sp³-hybridized carbons (Fsp3) is 0.476. The highest BCUT2D eigenvalue weighted by Crippen LogP contribution is 2.37. The highest BCUT2D eigenvalue weighted by molar-refractivity contribution is 5.83. The van der Waals surface area contributed by atoms with Crippen LogP contribution in [0.25, 0.3) is 11.2 Å². The lowest BCUT2D eigenvalue weighted by Crippen LogP contribution is -2.30. The number of aliphatic hydroxyl groups excluding tert-OH is 3. The lowest BCUT2D eigenvalue weighted by molar-refractivity contribution is -0.384. The van der Waals surface area contributed by atoms with E-state index in [4.69, 9.17) is 0 Å². The number of hydrogen-bond donors (Lipinski definition) is 4. The van der Waals surface area contributed by atoms with E-state index in [0.29, 0.717) is 29.9 Å². The van der Waals surface area contributed by atoms with Gasteiger partial charge in [0.2, 0.25) is 0 Å². The van der Waals surface area contributed by atoms with Crippen molar-refractivity contribution in [2.24, 2.45) is 5.92 Å². The Morgan fingerprint density at radius 2 is 1.94 bits per heavy atom. The van der Waals surface area contributed by atoms with Crippen LogP contribution in [0.1, 0.15) is 18.9 Å². The first-order valence-electron chi connectivity index (χ1n) is 10.9. The molecule has 1 aromatic carbocycles. The number of rotatable bonds is 6. The van der Waals surface area contributed by atoms with E-state index in [0.717, 1.165) is 18.7 Å². The molecule has 5 atom stereocenters. The SMILES string of the molecule is O=[N+]([O-])c1ccc(N2CCC(Nc3ncnc4c3ncn4[C@@H]3C[C@H](CO)[C@@H](O)[C@H]3O)C2)cc1. The summed E-state index contributed by atoms with van der Waals surface area (Å²) in [5, 5.41) is 44.4. The third-order valence-electron chi connectivity index (χ3n) is 6.68. The van der Waals surface area contributed by atoms with Crippen LogP contribution < -0.4 is 10.2 Å². The molecule has 1 unspecified atom stereocenters. The van der Waals surface area contributed by atoms with E-state index in [1.165, 1.54) is 18.5 Å². The van der Waals surface area contributed by atoms with E-state index >= 15 is 0 Å². The van der Waals surface area contributed by atoms with Gasteiger partial charge in [0, 0.05) is 49.5 Å². The summed E-state index contributed by atoms with van der Waals surface area (Å²) in [6.45, 7) is 1.30. The number of hydrogen-bond acceptors (Lipinski definition) is 10. The van der Waals surface area contributed by atoms with E-state index in [9.17, 15) is 25.4 Å². The first-order valence-corrected chi connectivity index (χ1v) is 10.9. The van der Waals surface area contributed by atoms with Crippen molar-refractivity contribution in [1.29, 1.82) is 0 Å². The van der Waals surface area contributed by atoms with E-state index in [1.54, 1.807) is 23.0 Å². The zero-order valence-corrected chi connectivity index (χ0v) is 17.7. The minimum absolute atomic E-state index is 0.0665. The Morgan fingerprint density at radius 1 is 1.15 bits per heavy atom. The summed E-state index contributed by atoms with van der Waals surface area (Å²) in [5.74, 6) is 0.187. The molecular weight excluding hydrogens is 430 g/mol. The van der Waals surface area contributed by atoms with Crippen LogP contribution in [0.5, 0.6) is 0 Å². The molecule has 0 spiro atoms. The topological polar surface area (TPSA) is 163 Å². The predicted octanol–water partition coefficient (Wildman–Crippen LogP) is 0.700. The van der Waals surface area contributed by atoms with Crippen molar-refractivity contribution < 1.29 is 20.2 Å². The Morgan fingerprint density at radius 3 is 2.64 bits per heavy atom. The second-order valence-corrected chi connectivity index (χ2v) is 8.62. The van der Waals surface area contributed by atoms with Crippen LogP contribution >= 0.6 is 0 Å². The maximum absolute atomic E-state index is 10.9. The Hall–Kier alpha value is -3.35. The van der Waals surface area contributed by atoms with Gasteiger partial charge >= 0.3 is 0 Å². The van der Waals surface area contributed by atoms with E-state index in [-0.39, 0.29) is 18.3 Å². The lowest BCUT2D eigenvalue weighted by atomic mass is 10.1. The number of nitrogens with zero attached hydrogens (tertiary/aromatic N) is 6. The van der Waals surface area contributed by atoms with Crippen molar-refractivity contribution in [2.45, 2.75) is 37.1 Å². The van der Waals surface area contributed by atoms with Gasteiger partial charge in [-0.25, -0.2) is 15.0 Å². The molecule has 174 valence electrons. The number of nitrogens with one attached hydrogen (secondary N) is 1. The molecular formula is C21H25N7O5. The second kappa shape index (κ2) is 8.54. The Bertz CT molecular complexity index is 1150. The molecule has 0 amide bonds. The molecule has 12 nitrogen and oxygen atoms in total. The summed E-state index contributed by atoms with van der Waals surface area (Å²) in [6, 6.07) is 6.19. The van der Waals surface area contributed by atoms with Crippen molar-refractivity contribution in [3.8, 4) is 0 Å². The molecule has 1 saturated heterocycles. The normalized spacial score (nSPS) is 27.4. The summed E-state index contributed by atoms with van der Waals surface area (Å²) >= 11 is 0. The average Bonchev–Trinajstić information content (AvgIpc) is 3.53. The predicted molar refractivity (Wildman–Crippen MR) is 119 cm³/mol. The summed E-state index contributed by atoms with van der Waals surface area (Å²) in [4.78, 5) is 25.8. The molecule has 4 N–H and O–H groups in total. The van der Waals surface area contributed by atoms with Gasteiger partial charge in [0.25, 0.3) is 5.69 Å². The molecule has 2 aromatic heterocycles. The lowest BCUT2D eigenvalue weighted by Gasteiger charge is -2.19. The van der Waals surface area contributed by atoms with Gasteiger partial charge in [-0.05, 0) is 25.0 Å². The molecule has 3 heterocycles. The van der Waals surface area contributed by atoms with Crippen LogP contribution in [0.3, 0.4) is 0 Å². The third kappa shape index (κ3) is 3.86. The molecule has 0 radical (unpaired) electrons. The van der Waals surface area contributed by atoms with Gasteiger partial charge in [-0.15, -0.1) is 0 Å². The maximum atomic E-state index is 10.9. The molecule has 3 aromatic rings. The minimum Gasteiger partial charge on any atom is -0.396 e. The number of aliphatic hydroxyl groups is 3. The van der Waals surface area contributed by atoms with E-state index < -0.39 is 29.1 Å². The Labute approximate surface area is 188 Å². The molecule has 0 bridgehead atoms. The molecule has 2 fully saturated rings. The number of benzene rings is 1. The van der Waals surface area contributed by atoms with E-state index in [1.807, 2.05) is 0 Å². The number of nitro benzene ring substituents is 1. The zero-order valence-electron chi connectivity index (χ0n) is 17.7. The van der Waals surface area contributed by atoms with Gasteiger partial charge in [-0.3, -0.25) is 10.1 Å². The van der Waals surface area contributed by atoms with Crippen LogP contribution in [0.15, 0.2) is 36.9 Å². The third-order valence-corrected chi connectivity index (χ3v) is 6.68. The largest absolute Gasteiger partial charge is 0.396 e. The molecule has 12 heteroatoms. The van der Waals surface area contributed by atoms with Gasteiger partial charge < -0.3 is 30.1 Å². The monoisotopic (exact) mass is 455 g/mol. The second-order valence-electron chi connectivity index (χ2n) is 8.62. The summed E-state index contributed by atoms with van der Waals surface area (Å²) in [6.07, 6.45) is 2.28. The number of non-ortho nitro benzene ring substituents is 1. The van der Waals surface area contributed by atoms with Crippen molar-refractivity contribution in [2.75, 3.05) is 29.9 Å². The molecule has 1 saturated carbocycles. The van der Waals surface area contributed by atoms with Gasteiger partial charge in [0.1, 0.15) is 17.9 Å². The number of aromatic nitrogens is 4. The standard InChI is InChI=1S/C21H25N7O5/c29-9-12-7-16(19(31)18(12)30)27-11-24-17-20(22-10-23-21(17)27)25-13-5-6-26(8-13)14-1-3-15(4-2-14)28(32)33/h1-4,10-13,16,18-19,29-31H,5-9H2,(H,22,23,25)/t12-,13?,16-,18-,19+/m1/s1. The van der Waals surface area contributed by atoms with Crippen LogP contribution in [0, 0.1) is 16.0 Å². The highest BCUT2D eigenvalue weighted by Gasteiger charge is 2.42. The van der Waals surface area contributed by atoms with Crippen LogP contribution in [-0.2, 0) is 0 Å². The maximum Gasteiger partial charge on any atom is 0.269 e. The van der Waals surface area contributed by atoms with Gasteiger partial charge in [-0.2, -0.15) is 0 Å². The molecule has 1 aliphatic carbocycles. The number of nitro groups is 1. The van der Waals surface area contributed by atoms with Crippen LogP contribution in [0.4, 0.5) is 17.2 Å². The van der Waals surface area contributed by atoms with Crippen molar-refractivity contribution in [3.63, 3.8) is 0 Å². The Kier molecular flexibility index (Phi) is 5.56. The van der Waals surface area contributed by atoms with Crippen molar-refractivity contribution in [1.82, 2.24) is 19.5 Å². The first kappa shape index (κ1) is 21.5. The van der Waals surface area contributed by atoms with Crippen LogP contribution in [-0.4, -0.2) is 77.7 Å². The summed E-state index contributed by atoms with van der Waals surface area (Å²) < 4.78 is 1.74. The highest BCUT2D eigenvalue weighted by atomic mass is 16.6. The molecule has 1 aliphatic heterocycles. The molecule has 5 rings (SSSR count). The summed E-state index contributed by atoms with van der Waals surface area (Å²) in [5.41, 5.74) is 2.11. The van der Waals surface area contributed by atoms with Crippen LogP contribution in [0.2, 0.25) is 0 Å².